The maximum Gasteiger partial charge on any atom is 0.166 e. The largest absolute Gasteiger partial charge is 0.388 e. The van der Waals surface area contributed by atoms with Crippen LogP contribution in [0.25, 0.3) is 0 Å². The minimum absolute atomic E-state index is 0. The molecule has 0 amide bonds. The predicted octanol–water partition coefficient (Wildman–Crippen LogP) is 1.43. The maximum atomic E-state index is 10.5. The molecule has 18 heavy (non-hydrogen) atoms. The number of rotatable bonds is 3. The van der Waals surface area contributed by atoms with Gasteiger partial charge in [-0.05, 0) is 5.41 Å². The summed E-state index contributed by atoms with van der Waals surface area (Å²) < 4.78 is 0. The van der Waals surface area contributed by atoms with E-state index in [2.05, 4.69) is 0 Å². The summed E-state index contributed by atoms with van der Waals surface area (Å²) in [5.74, 6) is 0. The molecular formula is C13H20ClNO3. The number of carbonyl (C=O) groups excluding carboxylic acids is 1. The maximum absolute atomic E-state index is 10.5. The minimum Gasteiger partial charge on any atom is -0.388 e. The molecule has 0 aliphatic rings. The quantitative estimate of drug-likeness (QED) is 0.575. The van der Waals surface area contributed by atoms with Crippen LogP contribution in [0.5, 0.6) is 0 Å². The zero-order valence-electron chi connectivity index (χ0n) is 10.8. The van der Waals surface area contributed by atoms with Gasteiger partial charge in [-0.2, -0.15) is 0 Å². The number of nitrogens with two attached hydrogens (primary N) is 1. The van der Waals surface area contributed by atoms with Crippen LogP contribution >= 0.6 is 12.4 Å². The molecule has 0 aromatic heterocycles. The zero-order chi connectivity index (χ0) is 13.3. The molecule has 5 heteroatoms. The summed E-state index contributed by atoms with van der Waals surface area (Å²) in [6.45, 7) is 5.36. The molecule has 0 heterocycles. The van der Waals surface area contributed by atoms with Gasteiger partial charge in [0.1, 0.15) is 12.4 Å². The second kappa shape index (κ2) is 5.80. The molecule has 0 saturated carbocycles. The van der Waals surface area contributed by atoms with Crippen molar-refractivity contribution in [2.24, 2.45) is 11.1 Å². The highest BCUT2D eigenvalue weighted by Crippen LogP contribution is 2.31. The Labute approximate surface area is 113 Å². The number of benzene rings is 1. The van der Waals surface area contributed by atoms with E-state index in [0.29, 0.717) is 17.4 Å². The van der Waals surface area contributed by atoms with Gasteiger partial charge in [0.25, 0.3) is 0 Å². The van der Waals surface area contributed by atoms with Crippen LogP contribution in [0.1, 0.15) is 36.7 Å². The summed E-state index contributed by atoms with van der Waals surface area (Å²) in [4.78, 5) is 10.5. The number of aliphatic hydroxyl groups is 2. The molecule has 1 aromatic rings. The van der Waals surface area contributed by atoms with E-state index in [1.807, 2.05) is 0 Å². The van der Waals surface area contributed by atoms with Gasteiger partial charge in [-0.15, -0.1) is 12.4 Å². The third-order valence-electron chi connectivity index (χ3n) is 2.75. The van der Waals surface area contributed by atoms with Gasteiger partial charge >= 0.3 is 0 Å². The van der Waals surface area contributed by atoms with Crippen LogP contribution in [0.2, 0.25) is 0 Å². The third-order valence-corrected chi connectivity index (χ3v) is 2.75. The van der Waals surface area contributed by atoms with E-state index < -0.39 is 17.2 Å². The van der Waals surface area contributed by atoms with Crippen LogP contribution in [0.15, 0.2) is 24.3 Å². The van der Waals surface area contributed by atoms with Crippen molar-refractivity contribution in [3.63, 3.8) is 0 Å². The summed E-state index contributed by atoms with van der Waals surface area (Å²) in [7, 11) is 0. The van der Waals surface area contributed by atoms with E-state index in [1.54, 1.807) is 45.0 Å². The summed E-state index contributed by atoms with van der Waals surface area (Å²) >= 11 is 0. The normalized spacial score (nSPS) is 16.3. The van der Waals surface area contributed by atoms with E-state index in [1.165, 1.54) is 0 Å². The fourth-order valence-electron chi connectivity index (χ4n) is 1.65. The molecule has 0 spiro atoms. The topological polar surface area (TPSA) is 83.6 Å². The summed E-state index contributed by atoms with van der Waals surface area (Å²) in [5.41, 5.74) is 4.27. The Bertz CT molecular complexity index is 396. The van der Waals surface area contributed by atoms with Gasteiger partial charge in [-0.25, -0.2) is 0 Å². The summed E-state index contributed by atoms with van der Waals surface area (Å²) in [5, 5.41) is 20.2. The Morgan fingerprint density at radius 2 is 1.67 bits per heavy atom. The summed E-state index contributed by atoms with van der Waals surface area (Å²) in [6.07, 6.45) is -0.406. The zero-order valence-corrected chi connectivity index (χ0v) is 11.6. The Morgan fingerprint density at radius 3 is 2.00 bits per heavy atom. The van der Waals surface area contributed by atoms with Crippen molar-refractivity contribution >= 4 is 18.7 Å². The molecule has 0 unspecified atom stereocenters. The first kappa shape index (κ1) is 17.1. The van der Waals surface area contributed by atoms with Crippen molar-refractivity contribution in [2.75, 3.05) is 0 Å². The van der Waals surface area contributed by atoms with Crippen LogP contribution in [0.4, 0.5) is 0 Å². The molecule has 0 radical (unpaired) electrons. The lowest BCUT2D eigenvalue weighted by Crippen LogP contribution is -2.53. The molecule has 1 rings (SSSR count). The van der Waals surface area contributed by atoms with E-state index in [4.69, 9.17) is 5.73 Å². The molecule has 102 valence electrons. The number of aliphatic hydroxyl groups excluding tert-OH is 1. The molecule has 0 fully saturated rings. The Hall–Kier alpha value is -0.940. The Kier molecular flexibility index (Phi) is 5.50. The van der Waals surface area contributed by atoms with Gasteiger partial charge in [0, 0.05) is 11.1 Å². The highest BCUT2D eigenvalue weighted by molar-refractivity contribution is 5.85. The predicted molar refractivity (Wildman–Crippen MR) is 72.6 cm³/mol. The fourth-order valence-corrected chi connectivity index (χ4v) is 1.65. The second-order valence-corrected chi connectivity index (χ2v) is 5.33. The van der Waals surface area contributed by atoms with Crippen LogP contribution in [0.3, 0.4) is 0 Å². The van der Waals surface area contributed by atoms with Gasteiger partial charge in [0.2, 0.25) is 0 Å². The van der Waals surface area contributed by atoms with Gasteiger partial charge in [-0.1, -0.05) is 45.0 Å². The van der Waals surface area contributed by atoms with Gasteiger partial charge < -0.3 is 10.2 Å². The third kappa shape index (κ3) is 3.53. The standard InChI is InChI=1S/C13H19NO3.ClH/c1-12(2,3)11(16)13(14,17)10-6-4-9(8-15)5-7-10;/h4-8,11,16-17H,14H2,1-3H3;1H/t11-,13-;/m0./s1. The summed E-state index contributed by atoms with van der Waals surface area (Å²) in [6, 6.07) is 6.18. The number of hydrogen-bond donors (Lipinski definition) is 3. The van der Waals surface area contributed by atoms with Gasteiger partial charge in [0.15, 0.2) is 5.72 Å². The smallest absolute Gasteiger partial charge is 0.166 e. The SMILES string of the molecule is CC(C)(C)[C@H](O)[C@@](N)(O)c1ccc(C=O)cc1.Cl. The second-order valence-electron chi connectivity index (χ2n) is 5.33. The molecule has 0 saturated heterocycles. The first-order valence-corrected chi connectivity index (χ1v) is 5.44. The molecule has 0 bridgehead atoms. The van der Waals surface area contributed by atoms with E-state index in [0.717, 1.165) is 0 Å². The molecule has 4 nitrogen and oxygen atoms in total. The van der Waals surface area contributed by atoms with Crippen LogP contribution in [-0.2, 0) is 5.72 Å². The molecule has 1 aromatic carbocycles. The lowest BCUT2D eigenvalue weighted by molar-refractivity contribution is -0.123. The molecule has 0 aliphatic heterocycles. The average molecular weight is 274 g/mol. The van der Waals surface area contributed by atoms with E-state index >= 15 is 0 Å². The lowest BCUT2D eigenvalue weighted by atomic mass is 9.80. The number of halogens is 1. The van der Waals surface area contributed by atoms with Crippen LogP contribution < -0.4 is 5.73 Å². The molecule has 4 N–H and O–H groups in total. The van der Waals surface area contributed by atoms with Crippen molar-refractivity contribution < 1.29 is 15.0 Å². The minimum atomic E-state index is -1.83. The first-order valence-electron chi connectivity index (χ1n) is 5.44. The number of hydrogen-bond acceptors (Lipinski definition) is 4. The monoisotopic (exact) mass is 273 g/mol. The van der Waals surface area contributed by atoms with E-state index in [-0.39, 0.29) is 12.4 Å². The number of aldehydes is 1. The Balaban J connectivity index is 0.00000289. The van der Waals surface area contributed by atoms with Crippen molar-refractivity contribution in [1.29, 1.82) is 0 Å². The van der Waals surface area contributed by atoms with Gasteiger partial charge in [-0.3, -0.25) is 10.5 Å². The molecule has 2 atom stereocenters. The van der Waals surface area contributed by atoms with E-state index in [9.17, 15) is 15.0 Å². The van der Waals surface area contributed by atoms with Crippen molar-refractivity contribution in [1.82, 2.24) is 0 Å². The van der Waals surface area contributed by atoms with Crippen LogP contribution in [-0.4, -0.2) is 22.6 Å². The Morgan fingerprint density at radius 1 is 1.22 bits per heavy atom. The molecular weight excluding hydrogens is 254 g/mol. The van der Waals surface area contributed by atoms with Crippen molar-refractivity contribution in [3.05, 3.63) is 35.4 Å². The number of carbonyl (C=O) groups is 1. The average Bonchev–Trinajstić information content (AvgIpc) is 2.27. The first-order chi connectivity index (χ1) is 7.69. The fraction of sp³-hybridized carbons (Fsp3) is 0.462. The van der Waals surface area contributed by atoms with Crippen molar-refractivity contribution in [3.8, 4) is 0 Å². The van der Waals surface area contributed by atoms with Crippen molar-refractivity contribution in [2.45, 2.75) is 32.6 Å². The molecule has 0 aliphatic carbocycles. The van der Waals surface area contributed by atoms with Crippen LogP contribution in [0, 0.1) is 5.41 Å². The highest BCUT2D eigenvalue weighted by Gasteiger charge is 2.40. The van der Waals surface area contributed by atoms with Gasteiger partial charge in [0.05, 0.1) is 0 Å². The highest BCUT2D eigenvalue weighted by atomic mass is 35.5. The lowest BCUT2D eigenvalue weighted by Gasteiger charge is -2.37.